The number of hydrogen-bond donors (Lipinski definition) is 1. The molecule has 0 aliphatic carbocycles. The quantitative estimate of drug-likeness (QED) is 0.710. The van der Waals surface area contributed by atoms with E-state index in [0.717, 1.165) is 12.8 Å². The van der Waals surface area contributed by atoms with Gasteiger partial charge in [0.15, 0.2) is 0 Å². The first-order chi connectivity index (χ1) is 6.36. The molecule has 2 heteroatoms. The first kappa shape index (κ1) is 8.73. The summed E-state index contributed by atoms with van der Waals surface area (Å²) in [5.41, 5.74) is 7.02. The summed E-state index contributed by atoms with van der Waals surface area (Å²) in [6.07, 6.45) is 2.38. The van der Waals surface area contributed by atoms with Gasteiger partial charge < -0.3 is 10.5 Å². The standard InChI is InChI=1S/C11H15NO/c12-10-6-7-11(13-8-10)9-4-2-1-3-5-9/h1-5,10-11H,6-8,12H2/t10-,11+/m1/s1. The average Bonchev–Trinajstić information content (AvgIpc) is 2.20. The number of ether oxygens (including phenoxy) is 1. The largest absolute Gasteiger partial charge is 0.372 e. The molecule has 1 aromatic carbocycles. The van der Waals surface area contributed by atoms with E-state index in [-0.39, 0.29) is 12.1 Å². The molecule has 0 radical (unpaired) electrons. The SMILES string of the molecule is N[C@@H]1CC[C@@H](c2ccccc2)OC1. The predicted octanol–water partition coefficient (Wildman–Crippen LogP) is 1.87. The Hall–Kier alpha value is -0.860. The minimum atomic E-state index is 0.236. The van der Waals surface area contributed by atoms with Crippen LogP contribution in [0.15, 0.2) is 30.3 Å². The van der Waals surface area contributed by atoms with Crippen molar-refractivity contribution in [1.29, 1.82) is 0 Å². The summed E-state index contributed by atoms with van der Waals surface area (Å²) >= 11 is 0. The van der Waals surface area contributed by atoms with Crippen LogP contribution in [-0.4, -0.2) is 12.6 Å². The smallest absolute Gasteiger partial charge is 0.0826 e. The molecule has 0 saturated carbocycles. The molecule has 1 fully saturated rings. The summed E-state index contributed by atoms with van der Waals surface area (Å²) in [5.74, 6) is 0. The highest BCUT2D eigenvalue weighted by atomic mass is 16.5. The van der Waals surface area contributed by atoms with Gasteiger partial charge in [-0.15, -0.1) is 0 Å². The van der Waals surface area contributed by atoms with Crippen LogP contribution in [0.2, 0.25) is 0 Å². The van der Waals surface area contributed by atoms with Crippen LogP contribution >= 0.6 is 0 Å². The molecule has 0 spiro atoms. The summed E-state index contributed by atoms with van der Waals surface area (Å²) in [6.45, 7) is 0.694. The highest BCUT2D eigenvalue weighted by molar-refractivity contribution is 5.17. The van der Waals surface area contributed by atoms with Crippen LogP contribution in [-0.2, 0) is 4.74 Å². The second-order valence-corrected chi connectivity index (χ2v) is 3.57. The molecule has 1 aromatic rings. The minimum Gasteiger partial charge on any atom is -0.372 e. The van der Waals surface area contributed by atoms with E-state index >= 15 is 0 Å². The van der Waals surface area contributed by atoms with Crippen molar-refractivity contribution >= 4 is 0 Å². The normalized spacial score (nSPS) is 28.7. The molecule has 2 N–H and O–H groups in total. The van der Waals surface area contributed by atoms with Crippen molar-refractivity contribution in [3.05, 3.63) is 35.9 Å². The molecule has 1 aliphatic heterocycles. The van der Waals surface area contributed by atoms with Gasteiger partial charge in [-0.25, -0.2) is 0 Å². The van der Waals surface area contributed by atoms with E-state index in [4.69, 9.17) is 10.5 Å². The Morgan fingerprint density at radius 2 is 1.92 bits per heavy atom. The van der Waals surface area contributed by atoms with Crippen LogP contribution in [0.3, 0.4) is 0 Å². The van der Waals surface area contributed by atoms with Crippen molar-refractivity contribution in [2.45, 2.75) is 25.0 Å². The van der Waals surface area contributed by atoms with Crippen LogP contribution in [0, 0.1) is 0 Å². The van der Waals surface area contributed by atoms with Crippen LogP contribution in [0.1, 0.15) is 24.5 Å². The Balaban J connectivity index is 2.03. The van der Waals surface area contributed by atoms with Crippen LogP contribution < -0.4 is 5.73 Å². The van der Waals surface area contributed by atoms with Gasteiger partial charge >= 0.3 is 0 Å². The van der Waals surface area contributed by atoms with Crippen molar-refractivity contribution in [1.82, 2.24) is 0 Å². The zero-order chi connectivity index (χ0) is 9.10. The van der Waals surface area contributed by atoms with Gasteiger partial charge in [-0.3, -0.25) is 0 Å². The molecule has 2 atom stereocenters. The van der Waals surface area contributed by atoms with Crippen molar-refractivity contribution < 1.29 is 4.74 Å². The molecule has 0 aromatic heterocycles. The zero-order valence-corrected chi connectivity index (χ0v) is 7.65. The lowest BCUT2D eigenvalue weighted by Gasteiger charge is -2.26. The first-order valence-corrected chi connectivity index (χ1v) is 4.78. The van der Waals surface area contributed by atoms with Gasteiger partial charge in [-0.2, -0.15) is 0 Å². The Kier molecular flexibility index (Phi) is 2.62. The predicted molar refractivity (Wildman–Crippen MR) is 52.3 cm³/mol. The maximum Gasteiger partial charge on any atom is 0.0826 e. The Morgan fingerprint density at radius 1 is 1.15 bits per heavy atom. The third-order valence-corrected chi connectivity index (χ3v) is 2.48. The lowest BCUT2D eigenvalue weighted by Crippen LogP contribution is -2.32. The highest BCUT2D eigenvalue weighted by Crippen LogP contribution is 2.26. The van der Waals surface area contributed by atoms with E-state index in [9.17, 15) is 0 Å². The van der Waals surface area contributed by atoms with Gasteiger partial charge in [0.05, 0.1) is 12.7 Å². The molecular formula is C11H15NO. The van der Waals surface area contributed by atoms with E-state index in [2.05, 4.69) is 12.1 Å². The molecule has 13 heavy (non-hydrogen) atoms. The van der Waals surface area contributed by atoms with Crippen molar-refractivity contribution in [3.8, 4) is 0 Å². The van der Waals surface area contributed by atoms with Crippen LogP contribution in [0.4, 0.5) is 0 Å². The Morgan fingerprint density at radius 3 is 2.54 bits per heavy atom. The van der Waals surface area contributed by atoms with E-state index in [1.807, 2.05) is 18.2 Å². The summed E-state index contributed by atoms with van der Waals surface area (Å²) in [7, 11) is 0. The van der Waals surface area contributed by atoms with Crippen LogP contribution in [0.25, 0.3) is 0 Å². The molecule has 1 saturated heterocycles. The van der Waals surface area contributed by atoms with Gasteiger partial charge in [-0.05, 0) is 18.4 Å². The fourth-order valence-electron chi connectivity index (χ4n) is 1.70. The molecule has 0 unspecified atom stereocenters. The average molecular weight is 177 g/mol. The summed E-state index contributed by atoms with van der Waals surface area (Å²) < 4.78 is 5.65. The second-order valence-electron chi connectivity index (χ2n) is 3.57. The van der Waals surface area contributed by atoms with E-state index in [1.165, 1.54) is 5.56 Å². The monoisotopic (exact) mass is 177 g/mol. The topological polar surface area (TPSA) is 35.2 Å². The number of hydrogen-bond acceptors (Lipinski definition) is 2. The van der Waals surface area contributed by atoms with Crippen molar-refractivity contribution in [2.75, 3.05) is 6.61 Å². The summed E-state index contributed by atoms with van der Waals surface area (Å²) in [6, 6.07) is 10.6. The van der Waals surface area contributed by atoms with E-state index in [1.54, 1.807) is 0 Å². The second kappa shape index (κ2) is 3.90. The molecule has 1 aliphatic rings. The van der Waals surface area contributed by atoms with Gasteiger partial charge in [0.1, 0.15) is 0 Å². The number of rotatable bonds is 1. The van der Waals surface area contributed by atoms with E-state index < -0.39 is 0 Å². The number of benzene rings is 1. The number of nitrogens with two attached hydrogens (primary N) is 1. The van der Waals surface area contributed by atoms with Gasteiger partial charge in [0, 0.05) is 6.04 Å². The fraction of sp³-hybridized carbons (Fsp3) is 0.455. The van der Waals surface area contributed by atoms with Crippen molar-refractivity contribution in [3.63, 3.8) is 0 Å². The molecule has 2 nitrogen and oxygen atoms in total. The lowest BCUT2D eigenvalue weighted by atomic mass is 10.00. The molecule has 0 amide bonds. The zero-order valence-electron chi connectivity index (χ0n) is 7.65. The van der Waals surface area contributed by atoms with Gasteiger partial charge in [0.2, 0.25) is 0 Å². The first-order valence-electron chi connectivity index (χ1n) is 4.78. The van der Waals surface area contributed by atoms with E-state index in [0.29, 0.717) is 6.61 Å². The third-order valence-electron chi connectivity index (χ3n) is 2.48. The van der Waals surface area contributed by atoms with Gasteiger partial charge in [-0.1, -0.05) is 30.3 Å². The maximum atomic E-state index is 5.75. The lowest BCUT2D eigenvalue weighted by molar-refractivity contribution is 0.00412. The molecule has 70 valence electrons. The Labute approximate surface area is 78.7 Å². The van der Waals surface area contributed by atoms with Crippen LogP contribution in [0.5, 0.6) is 0 Å². The third kappa shape index (κ3) is 2.08. The summed E-state index contributed by atoms with van der Waals surface area (Å²) in [5, 5.41) is 0. The minimum absolute atomic E-state index is 0.236. The van der Waals surface area contributed by atoms with Gasteiger partial charge in [0.25, 0.3) is 0 Å². The highest BCUT2D eigenvalue weighted by Gasteiger charge is 2.19. The molecule has 0 bridgehead atoms. The molecular weight excluding hydrogens is 162 g/mol. The Bertz CT molecular complexity index is 252. The maximum absolute atomic E-state index is 5.75. The molecule has 1 heterocycles. The fourth-order valence-corrected chi connectivity index (χ4v) is 1.70. The molecule has 2 rings (SSSR count). The summed E-state index contributed by atoms with van der Waals surface area (Å²) in [4.78, 5) is 0. The van der Waals surface area contributed by atoms with Crippen molar-refractivity contribution in [2.24, 2.45) is 5.73 Å².